The zero-order valence-corrected chi connectivity index (χ0v) is 8.68. The lowest BCUT2D eigenvalue weighted by Gasteiger charge is -2.07. The molecule has 1 fully saturated rings. The van der Waals surface area contributed by atoms with E-state index in [2.05, 4.69) is 14.8 Å². The van der Waals surface area contributed by atoms with Gasteiger partial charge in [-0.2, -0.15) is 0 Å². The molecule has 1 saturated carbocycles. The smallest absolute Gasteiger partial charge is 0.331 e. The van der Waals surface area contributed by atoms with E-state index in [4.69, 9.17) is 17.1 Å². The quantitative estimate of drug-likeness (QED) is 0.132. The number of alkyl halides is 1. The summed E-state index contributed by atoms with van der Waals surface area (Å²) in [5.41, 5.74) is 7.95. The van der Waals surface area contributed by atoms with Gasteiger partial charge < -0.3 is 4.74 Å². The molecule has 82 valence electrons. The molecule has 1 rings (SSSR count). The molecule has 15 heavy (non-hydrogen) atoms. The minimum absolute atomic E-state index is 0.0451. The van der Waals surface area contributed by atoms with Crippen LogP contribution in [0.1, 0.15) is 12.8 Å². The predicted octanol–water partition coefficient (Wildman–Crippen LogP) is 1.43. The summed E-state index contributed by atoms with van der Waals surface area (Å²) >= 11 is 5.60. The van der Waals surface area contributed by atoms with Crippen LogP contribution < -0.4 is 0 Å². The highest BCUT2D eigenvalue weighted by Crippen LogP contribution is 2.32. The number of rotatable bonds is 6. The first-order valence-electron chi connectivity index (χ1n) is 4.52. The van der Waals surface area contributed by atoms with Crippen molar-refractivity contribution >= 4 is 23.4 Å². The molecule has 0 aromatic carbocycles. The Bertz CT molecular complexity index is 310. The van der Waals surface area contributed by atoms with E-state index in [1.807, 2.05) is 0 Å². The molecule has 1 atom stereocenters. The lowest BCUT2D eigenvalue weighted by molar-refractivity contribution is -0.145. The van der Waals surface area contributed by atoms with Crippen molar-refractivity contribution in [1.82, 2.24) is 0 Å². The summed E-state index contributed by atoms with van der Waals surface area (Å²) in [6.07, 6.45) is 1.60. The third-order valence-corrected chi connectivity index (χ3v) is 2.33. The first kappa shape index (κ1) is 11.8. The van der Waals surface area contributed by atoms with Crippen molar-refractivity contribution in [3.63, 3.8) is 0 Å². The fraction of sp³-hybridized carbons (Fsp3) is 0.750. The Morgan fingerprint density at radius 2 is 2.27 bits per heavy atom. The molecular weight excluding hydrogens is 222 g/mol. The number of halogens is 1. The van der Waals surface area contributed by atoms with Gasteiger partial charge in [0.15, 0.2) is 11.2 Å². The molecular formula is C8H10ClN3O3. The summed E-state index contributed by atoms with van der Waals surface area (Å²) in [5.74, 6) is -1.11. The highest BCUT2D eigenvalue weighted by atomic mass is 35.5. The monoisotopic (exact) mass is 231 g/mol. The fourth-order valence-corrected chi connectivity index (χ4v) is 1.24. The molecule has 0 radical (unpaired) electrons. The Labute approximate surface area is 91.2 Å². The van der Waals surface area contributed by atoms with Crippen molar-refractivity contribution in [2.75, 3.05) is 13.2 Å². The van der Waals surface area contributed by atoms with Crippen molar-refractivity contribution in [1.29, 1.82) is 0 Å². The van der Waals surface area contributed by atoms with E-state index >= 15 is 0 Å². The second kappa shape index (κ2) is 5.58. The van der Waals surface area contributed by atoms with Gasteiger partial charge in [0, 0.05) is 10.8 Å². The van der Waals surface area contributed by atoms with Gasteiger partial charge in [0.05, 0.1) is 13.2 Å². The van der Waals surface area contributed by atoms with Gasteiger partial charge in [-0.25, -0.2) is 4.79 Å². The van der Waals surface area contributed by atoms with Crippen LogP contribution in [-0.2, 0) is 14.3 Å². The largest absolute Gasteiger partial charge is 0.464 e. The van der Waals surface area contributed by atoms with E-state index in [-0.39, 0.29) is 24.9 Å². The van der Waals surface area contributed by atoms with E-state index < -0.39 is 11.3 Å². The molecule has 0 bridgehead atoms. The van der Waals surface area contributed by atoms with Gasteiger partial charge in [-0.05, 0) is 18.4 Å². The molecule has 1 aliphatic carbocycles. The van der Waals surface area contributed by atoms with Gasteiger partial charge in [0.25, 0.3) is 0 Å². The number of ketones is 1. The van der Waals surface area contributed by atoms with Crippen molar-refractivity contribution in [3.8, 4) is 0 Å². The lowest BCUT2D eigenvalue weighted by atomic mass is 10.2. The average molecular weight is 232 g/mol. The molecule has 0 aromatic heterocycles. The van der Waals surface area contributed by atoms with Crippen molar-refractivity contribution in [2.24, 2.45) is 11.0 Å². The highest BCUT2D eigenvalue weighted by Gasteiger charge is 2.37. The number of hydrogen-bond acceptors (Lipinski definition) is 4. The van der Waals surface area contributed by atoms with Crippen molar-refractivity contribution < 1.29 is 14.3 Å². The van der Waals surface area contributed by atoms with Gasteiger partial charge in [-0.1, -0.05) is 5.11 Å². The average Bonchev–Trinajstić information content (AvgIpc) is 3.05. The second-order valence-corrected chi connectivity index (χ2v) is 3.60. The van der Waals surface area contributed by atoms with Gasteiger partial charge in [-0.15, -0.1) is 11.6 Å². The number of carbonyl (C=O) groups is 2. The second-order valence-electron chi connectivity index (χ2n) is 3.16. The maximum Gasteiger partial charge on any atom is 0.331 e. The highest BCUT2D eigenvalue weighted by molar-refractivity contribution is 6.41. The zero-order valence-electron chi connectivity index (χ0n) is 7.93. The number of ether oxygens (including phenoxy) is 1. The maximum absolute atomic E-state index is 11.3. The molecule has 6 nitrogen and oxygen atoms in total. The minimum Gasteiger partial charge on any atom is -0.464 e. The summed E-state index contributed by atoms with van der Waals surface area (Å²) in [6.45, 7) is -0.00642. The molecule has 7 heteroatoms. The van der Waals surface area contributed by atoms with Crippen LogP contribution in [0, 0.1) is 5.92 Å². The predicted molar refractivity (Wildman–Crippen MR) is 52.3 cm³/mol. The maximum atomic E-state index is 11.3. The summed E-state index contributed by atoms with van der Waals surface area (Å²) in [6, 6.07) is 0. The SMILES string of the molecule is [N-]=[N+]=NCCOC(=O)C(Cl)C(=O)C1CC1. The summed E-state index contributed by atoms with van der Waals surface area (Å²) < 4.78 is 4.65. The molecule has 1 aliphatic rings. The first-order valence-corrected chi connectivity index (χ1v) is 4.95. The number of Topliss-reactive ketones (excluding diaryl/α,β-unsaturated/α-hetero) is 1. The van der Waals surface area contributed by atoms with E-state index in [0.29, 0.717) is 0 Å². The van der Waals surface area contributed by atoms with Crippen LogP contribution in [0.2, 0.25) is 0 Å². The number of nitrogens with zero attached hydrogens (tertiary/aromatic N) is 3. The van der Waals surface area contributed by atoms with Crippen LogP contribution in [0.3, 0.4) is 0 Å². The van der Waals surface area contributed by atoms with E-state index in [0.717, 1.165) is 12.8 Å². The zero-order chi connectivity index (χ0) is 11.3. The van der Waals surface area contributed by atoms with Gasteiger partial charge in [-0.3, -0.25) is 4.79 Å². The Hall–Kier alpha value is -1.26. The normalized spacial score (nSPS) is 16.3. The summed E-state index contributed by atoms with van der Waals surface area (Å²) in [5, 5.41) is 1.95. The molecule has 0 saturated heterocycles. The van der Waals surface area contributed by atoms with Crippen LogP contribution in [-0.4, -0.2) is 30.3 Å². The molecule has 1 unspecified atom stereocenters. The molecule has 0 spiro atoms. The van der Waals surface area contributed by atoms with Crippen LogP contribution in [0.15, 0.2) is 5.11 Å². The Kier molecular flexibility index (Phi) is 4.39. The number of hydrogen-bond donors (Lipinski definition) is 0. The van der Waals surface area contributed by atoms with Crippen molar-refractivity contribution in [2.45, 2.75) is 18.2 Å². The molecule has 0 aromatic rings. The summed E-state index contributed by atoms with van der Waals surface area (Å²) in [4.78, 5) is 25.0. The fourth-order valence-electron chi connectivity index (χ4n) is 0.996. The minimum atomic E-state index is -1.22. The Balaban J connectivity index is 2.25. The van der Waals surface area contributed by atoms with Crippen LogP contribution in [0.5, 0.6) is 0 Å². The van der Waals surface area contributed by atoms with Gasteiger partial charge in [0.1, 0.15) is 0 Å². The first-order chi connectivity index (χ1) is 7.16. The van der Waals surface area contributed by atoms with Crippen LogP contribution in [0.25, 0.3) is 10.4 Å². The molecule has 0 amide bonds. The number of azide groups is 1. The third kappa shape index (κ3) is 3.77. The molecule has 0 N–H and O–H groups in total. The van der Waals surface area contributed by atoms with Crippen LogP contribution in [0.4, 0.5) is 0 Å². The van der Waals surface area contributed by atoms with E-state index in [1.54, 1.807) is 0 Å². The Morgan fingerprint density at radius 1 is 1.60 bits per heavy atom. The van der Waals surface area contributed by atoms with Crippen molar-refractivity contribution in [3.05, 3.63) is 10.4 Å². The van der Waals surface area contributed by atoms with E-state index in [9.17, 15) is 9.59 Å². The number of esters is 1. The molecule has 0 aliphatic heterocycles. The van der Waals surface area contributed by atoms with E-state index in [1.165, 1.54) is 0 Å². The lowest BCUT2D eigenvalue weighted by Crippen LogP contribution is -2.28. The standard InChI is InChI=1S/C8H10ClN3O3/c9-6(7(13)5-1-2-5)8(14)15-4-3-11-12-10/h5-6H,1-4H2. The molecule has 0 heterocycles. The summed E-state index contributed by atoms with van der Waals surface area (Å²) in [7, 11) is 0. The topological polar surface area (TPSA) is 92.1 Å². The van der Waals surface area contributed by atoms with Gasteiger partial charge >= 0.3 is 5.97 Å². The van der Waals surface area contributed by atoms with Crippen LogP contribution >= 0.6 is 11.6 Å². The third-order valence-electron chi connectivity index (χ3n) is 1.94. The number of carbonyl (C=O) groups excluding carboxylic acids is 2. The van der Waals surface area contributed by atoms with Gasteiger partial charge in [0.2, 0.25) is 0 Å². The Morgan fingerprint density at radius 3 is 2.80 bits per heavy atom.